The standard InChI is InChI=1S/C7H9NO3.C4H6O3.C3H7NO2/c1-3-5-6(9)8-4(2)7(10)11-5;1-2-3(5)4(6)7;1-2(4)3(5)6/h3-4H,1-2H3,(H,8,9);2H2,1H3,(H,6,7);2H,4H2,1H3,(H,5,6)/b5-3-;;. The van der Waals surface area contributed by atoms with Crippen molar-refractivity contribution >= 4 is 29.6 Å². The van der Waals surface area contributed by atoms with E-state index < -0.39 is 35.8 Å². The number of morpholine rings is 1. The molecule has 0 aromatic heterocycles. The average Bonchev–Trinajstić information content (AvgIpc) is 2.51. The number of hydrogen-bond donors (Lipinski definition) is 4. The Balaban J connectivity index is 0. The summed E-state index contributed by atoms with van der Waals surface area (Å²) in [7, 11) is 0. The molecule has 1 aliphatic rings. The largest absolute Gasteiger partial charge is 0.480 e. The molecule has 1 rings (SSSR count). The van der Waals surface area contributed by atoms with Crippen molar-refractivity contribution in [3.05, 3.63) is 11.8 Å². The van der Waals surface area contributed by atoms with Crippen molar-refractivity contribution in [2.24, 2.45) is 5.73 Å². The lowest BCUT2D eigenvalue weighted by molar-refractivity contribution is -0.150. The van der Waals surface area contributed by atoms with E-state index in [-0.39, 0.29) is 18.1 Å². The van der Waals surface area contributed by atoms with Gasteiger partial charge in [0.25, 0.3) is 5.91 Å². The first-order valence-corrected chi connectivity index (χ1v) is 6.91. The van der Waals surface area contributed by atoms with Crippen LogP contribution < -0.4 is 11.1 Å². The van der Waals surface area contributed by atoms with Gasteiger partial charge >= 0.3 is 17.9 Å². The molecule has 0 aromatic carbocycles. The molecule has 10 heteroatoms. The molecular formula is C14H22N2O8. The van der Waals surface area contributed by atoms with Crippen LogP contribution >= 0.6 is 0 Å². The predicted molar refractivity (Wildman–Crippen MR) is 81.7 cm³/mol. The highest BCUT2D eigenvalue weighted by Crippen LogP contribution is 2.06. The maximum absolute atomic E-state index is 10.9. The second-order valence-electron chi connectivity index (χ2n) is 4.48. The summed E-state index contributed by atoms with van der Waals surface area (Å²) in [5.41, 5.74) is 4.84. The van der Waals surface area contributed by atoms with E-state index in [1.807, 2.05) is 0 Å². The number of carbonyl (C=O) groups is 5. The molecule has 136 valence electrons. The third-order valence-electron chi connectivity index (χ3n) is 2.35. The number of ether oxygens (including phenoxy) is 1. The molecule has 0 saturated carbocycles. The third-order valence-corrected chi connectivity index (χ3v) is 2.35. The molecule has 1 amide bonds. The minimum absolute atomic E-state index is 0.0769. The van der Waals surface area contributed by atoms with Crippen LogP contribution in [0, 0.1) is 0 Å². The van der Waals surface area contributed by atoms with Crippen molar-refractivity contribution in [2.75, 3.05) is 0 Å². The summed E-state index contributed by atoms with van der Waals surface area (Å²) in [4.78, 5) is 50.8. The number of carboxylic acid groups (broad SMARTS) is 2. The van der Waals surface area contributed by atoms with Crippen LogP contribution in [0.1, 0.15) is 34.1 Å². The first-order valence-electron chi connectivity index (χ1n) is 6.91. The summed E-state index contributed by atoms with van der Waals surface area (Å²) in [6, 6.07) is -1.27. The van der Waals surface area contributed by atoms with Crippen molar-refractivity contribution in [1.82, 2.24) is 5.32 Å². The zero-order valence-electron chi connectivity index (χ0n) is 13.9. The number of nitrogens with one attached hydrogen (secondary N) is 1. The Labute approximate surface area is 138 Å². The summed E-state index contributed by atoms with van der Waals surface area (Å²) in [6.45, 7) is 6.14. The van der Waals surface area contributed by atoms with Crippen LogP contribution in [0.4, 0.5) is 0 Å². The van der Waals surface area contributed by atoms with E-state index in [1.54, 1.807) is 13.8 Å². The van der Waals surface area contributed by atoms with E-state index in [0.29, 0.717) is 0 Å². The molecule has 1 aliphatic heterocycles. The van der Waals surface area contributed by atoms with Crippen molar-refractivity contribution in [3.63, 3.8) is 0 Å². The first kappa shape index (κ1) is 23.5. The van der Waals surface area contributed by atoms with Crippen LogP contribution in [0.3, 0.4) is 0 Å². The number of Topliss-reactive ketones (excluding diaryl/α,β-unsaturated/α-hetero) is 1. The Bertz CT molecular complexity index is 525. The third kappa shape index (κ3) is 10.1. The van der Waals surface area contributed by atoms with E-state index in [4.69, 9.17) is 15.9 Å². The summed E-state index contributed by atoms with van der Waals surface area (Å²) >= 11 is 0. The number of rotatable bonds is 3. The van der Waals surface area contributed by atoms with Crippen molar-refractivity contribution in [2.45, 2.75) is 46.2 Å². The molecule has 0 bridgehead atoms. The van der Waals surface area contributed by atoms with Gasteiger partial charge in [0.2, 0.25) is 5.78 Å². The van der Waals surface area contributed by atoms with Crippen LogP contribution in [0.15, 0.2) is 11.8 Å². The average molecular weight is 346 g/mol. The number of amides is 1. The summed E-state index contributed by atoms with van der Waals surface area (Å²) in [5, 5.41) is 18.1. The van der Waals surface area contributed by atoms with E-state index in [2.05, 4.69) is 10.1 Å². The molecule has 0 spiro atoms. The summed E-state index contributed by atoms with van der Waals surface area (Å²) < 4.78 is 4.67. The highest BCUT2D eigenvalue weighted by molar-refractivity contribution is 6.32. The Morgan fingerprint density at radius 1 is 1.33 bits per heavy atom. The molecule has 1 saturated heterocycles. The molecule has 0 radical (unpaired) electrons. The molecule has 2 atom stereocenters. The first-order chi connectivity index (χ1) is 11.0. The van der Waals surface area contributed by atoms with Gasteiger partial charge in [-0.3, -0.25) is 14.4 Å². The van der Waals surface area contributed by atoms with Crippen LogP contribution in [0.5, 0.6) is 0 Å². The summed E-state index contributed by atoms with van der Waals surface area (Å²) in [5.74, 6) is -3.72. The monoisotopic (exact) mass is 346 g/mol. The second kappa shape index (κ2) is 11.8. The van der Waals surface area contributed by atoms with Crippen LogP contribution in [0.25, 0.3) is 0 Å². The van der Waals surface area contributed by atoms with Crippen molar-refractivity contribution in [1.29, 1.82) is 0 Å². The Morgan fingerprint density at radius 2 is 1.79 bits per heavy atom. The quantitative estimate of drug-likeness (QED) is 0.296. The molecule has 24 heavy (non-hydrogen) atoms. The molecule has 1 fully saturated rings. The fraction of sp³-hybridized carbons (Fsp3) is 0.500. The lowest BCUT2D eigenvalue weighted by atomic mass is 10.3. The van der Waals surface area contributed by atoms with Gasteiger partial charge in [-0.05, 0) is 26.8 Å². The van der Waals surface area contributed by atoms with Gasteiger partial charge < -0.3 is 26.0 Å². The molecule has 0 aliphatic carbocycles. The number of esters is 1. The number of carbonyl (C=O) groups excluding carboxylic acids is 3. The number of hydrogen-bond acceptors (Lipinski definition) is 7. The Kier molecular flexibility index (Phi) is 11.5. The van der Waals surface area contributed by atoms with E-state index in [9.17, 15) is 24.0 Å². The maximum atomic E-state index is 10.9. The number of ketones is 1. The van der Waals surface area contributed by atoms with Crippen molar-refractivity contribution in [3.8, 4) is 0 Å². The zero-order chi connectivity index (χ0) is 19.4. The molecular weight excluding hydrogens is 324 g/mol. The van der Waals surface area contributed by atoms with Gasteiger partial charge in [0.05, 0.1) is 0 Å². The van der Waals surface area contributed by atoms with Crippen LogP contribution in [0.2, 0.25) is 0 Å². The van der Waals surface area contributed by atoms with Crippen LogP contribution in [-0.2, 0) is 28.7 Å². The number of allylic oxidation sites excluding steroid dienone is 1. The number of carboxylic acids is 2. The highest BCUT2D eigenvalue weighted by atomic mass is 16.5. The number of cyclic esters (lactones) is 1. The molecule has 2 unspecified atom stereocenters. The topological polar surface area (TPSA) is 173 Å². The second-order valence-corrected chi connectivity index (χ2v) is 4.48. The van der Waals surface area contributed by atoms with E-state index in [1.165, 1.54) is 19.9 Å². The van der Waals surface area contributed by atoms with Gasteiger partial charge in [0.15, 0.2) is 5.76 Å². The predicted octanol–water partition coefficient (Wildman–Crippen LogP) is -0.580. The van der Waals surface area contributed by atoms with E-state index >= 15 is 0 Å². The smallest absolute Gasteiger partial charge is 0.372 e. The van der Waals surface area contributed by atoms with Gasteiger partial charge in [-0.2, -0.15) is 0 Å². The van der Waals surface area contributed by atoms with Gasteiger partial charge in [-0.15, -0.1) is 0 Å². The minimum Gasteiger partial charge on any atom is -0.480 e. The fourth-order valence-electron chi connectivity index (χ4n) is 0.911. The summed E-state index contributed by atoms with van der Waals surface area (Å²) in [6.07, 6.45) is 1.54. The number of aliphatic carboxylic acids is 2. The molecule has 0 aromatic rings. The fourth-order valence-corrected chi connectivity index (χ4v) is 0.911. The van der Waals surface area contributed by atoms with Gasteiger partial charge in [0.1, 0.15) is 12.1 Å². The number of nitrogens with two attached hydrogens (primary N) is 1. The zero-order valence-corrected chi connectivity index (χ0v) is 13.9. The van der Waals surface area contributed by atoms with Gasteiger partial charge in [0, 0.05) is 6.42 Å². The van der Waals surface area contributed by atoms with E-state index in [0.717, 1.165) is 0 Å². The lowest BCUT2D eigenvalue weighted by Gasteiger charge is -2.19. The molecule has 10 nitrogen and oxygen atoms in total. The minimum atomic E-state index is -1.34. The molecule has 1 heterocycles. The Hall–Kier alpha value is -2.75. The van der Waals surface area contributed by atoms with Crippen LogP contribution in [-0.4, -0.2) is 51.9 Å². The SMILES string of the molecule is C/C=C1\OC(=O)C(C)NC1=O.CC(N)C(=O)O.CCC(=O)C(=O)O. The van der Waals surface area contributed by atoms with Gasteiger partial charge in [-0.25, -0.2) is 9.59 Å². The Morgan fingerprint density at radius 3 is 2.04 bits per heavy atom. The molecule has 5 N–H and O–H groups in total. The lowest BCUT2D eigenvalue weighted by Crippen LogP contribution is -2.46. The van der Waals surface area contributed by atoms with Gasteiger partial charge in [-0.1, -0.05) is 6.92 Å². The normalized spacial score (nSPS) is 18.7. The van der Waals surface area contributed by atoms with Crippen molar-refractivity contribution < 1.29 is 38.9 Å². The maximum Gasteiger partial charge on any atom is 0.372 e. The highest BCUT2D eigenvalue weighted by Gasteiger charge is 2.27.